The van der Waals surface area contributed by atoms with E-state index in [1.54, 1.807) is 16.8 Å². The Morgan fingerprint density at radius 3 is 2.52 bits per heavy atom. The van der Waals surface area contributed by atoms with Crippen molar-refractivity contribution in [3.63, 3.8) is 0 Å². The smallest absolute Gasteiger partial charge is 0.358 e. The summed E-state index contributed by atoms with van der Waals surface area (Å²) >= 11 is 9.71. The zero-order chi connectivity index (χ0) is 16.4. The number of halogens is 2. The third-order valence-electron chi connectivity index (χ3n) is 3.32. The van der Waals surface area contributed by atoms with Crippen LogP contribution in [0.15, 0.2) is 59.1 Å². The summed E-state index contributed by atoms with van der Waals surface area (Å²) in [6.07, 6.45) is 0. The highest BCUT2D eigenvalue weighted by Crippen LogP contribution is 2.30. The summed E-state index contributed by atoms with van der Waals surface area (Å²) in [5.41, 5.74) is 2.56. The number of benzene rings is 2. The second-order valence-corrected chi connectivity index (χ2v) is 6.10. The van der Waals surface area contributed by atoms with Crippen LogP contribution >= 0.6 is 27.5 Å². The minimum absolute atomic E-state index is 0.227. The SMILES string of the molecule is COC(=O)c1cc(-c2ccccc2Cl)n(-c2ccc(Br)cc2)n1. The van der Waals surface area contributed by atoms with Gasteiger partial charge in [0.1, 0.15) is 0 Å². The molecule has 0 fully saturated rings. The van der Waals surface area contributed by atoms with Gasteiger partial charge in [-0.25, -0.2) is 9.48 Å². The fourth-order valence-corrected chi connectivity index (χ4v) is 2.72. The van der Waals surface area contributed by atoms with Gasteiger partial charge in [-0.2, -0.15) is 5.10 Å². The van der Waals surface area contributed by atoms with E-state index in [1.165, 1.54) is 7.11 Å². The Hall–Kier alpha value is -2.11. The molecule has 23 heavy (non-hydrogen) atoms. The Morgan fingerprint density at radius 1 is 1.17 bits per heavy atom. The number of aromatic nitrogens is 2. The zero-order valence-corrected chi connectivity index (χ0v) is 14.5. The summed E-state index contributed by atoms with van der Waals surface area (Å²) < 4.78 is 7.41. The van der Waals surface area contributed by atoms with E-state index in [-0.39, 0.29) is 5.69 Å². The van der Waals surface area contributed by atoms with Crippen molar-refractivity contribution in [2.24, 2.45) is 0 Å². The standard InChI is InChI=1S/C17H12BrClN2O2/c1-23-17(22)15-10-16(13-4-2-3-5-14(13)19)21(20-15)12-8-6-11(18)7-9-12/h2-10H,1H3. The zero-order valence-electron chi connectivity index (χ0n) is 12.2. The number of hydrogen-bond donors (Lipinski definition) is 0. The molecule has 3 rings (SSSR count). The molecule has 1 heterocycles. The Kier molecular flexibility index (Phi) is 4.50. The Morgan fingerprint density at radius 2 is 1.87 bits per heavy atom. The third-order valence-corrected chi connectivity index (χ3v) is 4.18. The molecule has 4 nitrogen and oxygen atoms in total. The quantitative estimate of drug-likeness (QED) is 0.606. The molecule has 0 amide bonds. The van der Waals surface area contributed by atoms with Crippen LogP contribution < -0.4 is 0 Å². The van der Waals surface area contributed by atoms with Crippen molar-refractivity contribution < 1.29 is 9.53 Å². The van der Waals surface area contributed by atoms with Gasteiger partial charge in [-0.1, -0.05) is 45.7 Å². The normalized spacial score (nSPS) is 10.6. The van der Waals surface area contributed by atoms with Crippen molar-refractivity contribution in [1.82, 2.24) is 9.78 Å². The van der Waals surface area contributed by atoms with Crippen molar-refractivity contribution in [2.45, 2.75) is 0 Å². The molecule has 0 unspecified atom stereocenters. The number of hydrogen-bond acceptors (Lipinski definition) is 3. The van der Waals surface area contributed by atoms with E-state index in [0.717, 1.165) is 21.4 Å². The predicted molar refractivity (Wildman–Crippen MR) is 93.0 cm³/mol. The topological polar surface area (TPSA) is 44.1 Å². The van der Waals surface area contributed by atoms with Gasteiger partial charge in [0, 0.05) is 15.1 Å². The fraction of sp³-hybridized carbons (Fsp3) is 0.0588. The summed E-state index contributed by atoms with van der Waals surface area (Å²) in [4.78, 5) is 11.8. The number of nitrogens with zero attached hydrogens (tertiary/aromatic N) is 2. The largest absolute Gasteiger partial charge is 0.464 e. The van der Waals surface area contributed by atoms with E-state index >= 15 is 0 Å². The summed E-state index contributed by atoms with van der Waals surface area (Å²) in [7, 11) is 1.33. The maximum absolute atomic E-state index is 11.8. The molecule has 0 saturated heterocycles. The van der Waals surface area contributed by atoms with Gasteiger partial charge >= 0.3 is 5.97 Å². The van der Waals surface area contributed by atoms with Crippen molar-refractivity contribution in [2.75, 3.05) is 7.11 Å². The second-order valence-electron chi connectivity index (χ2n) is 4.77. The molecule has 0 radical (unpaired) electrons. The molecule has 0 spiro atoms. The minimum atomic E-state index is -0.492. The molecule has 0 atom stereocenters. The summed E-state index contributed by atoms with van der Waals surface area (Å²) in [6, 6.07) is 16.7. The highest BCUT2D eigenvalue weighted by atomic mass is 79.9. The van der Waals surface area contributed by atoms with Crippen molar-refractivity contribution in [3.8, 4) is 16.9 Å². The third kappa shape index (κ3) is 3.16. The van der Waals surface area contributed by atoms with Crippen LogP contribution in [0.2, 0.25) is 5.02 Å². The maximum atomic E-state index is 11.8. The lowest BCUT2D eigenvalue weighted by Gasteiger charge is -2.09. The van der Waals surface area contributed by atoms with Gasteiger partial charge in [0.15, 0.2) is 5.69 Å². The first-order valence-corrected chi connectivity index (χ1v) is 7.96. The lowest BCUT2D eigenvalue weighted by Crippen LogP contribution is -2.04. The Balaban J connectivity index is 2.21. The number of rotatable bonds is 3. The molecule has 1 aromatic heterocycles. The lowest BCUT2D eigenvalue weighted by atomic mass is 10.1. The molecule has 0 N–H and O–H groups in total. The number of esters is 1. The minimum Gasteiger partial charge on any atom is -0.464 e. The Bertz CT molecular complexity index is 859. The first-order valence-electron chi connectivity index (χ1n) is 6.79. The molecule has 0 bridgehead atoms. The second kappa shape index (κ2) is 6.56. The van der Waals surface area contributed by atoms with Gasteiger partial charge in [0.05, 0.1) is 18.5 Å². The van der Waals surface area contributed by atoms with Crippen LogP contribution in [0.5, 0.6) is 0 Å². The van der Waals surface area contributed by atoms with Crippen LogP contribution in [0.1, 0.15) is 10.5 Å². The molecule has 0 saturated carbocycles. The summed E-state index contributed by atoms with van der Waals surface area (Å²) in [6.45, 7) is 0. The van der Waals surface area contributed by atoms with Crippen molar-refractivity contribution >= 4 is 33.5 Å². The van der Waals surface area contributed by atoms with Gasteiger partial charge < -0.3 is 4.74 Å². The van der Waals surface area contributed by atoms with Crippen LogP contribution in [0, 0.1) is 0 Å². The number of carbonyl (C=O) groups is 1. The number of ether oxygens (including phenoxy) is 1. The molecule has 0 aliphatic rings. The van der Waals surface area contributed by atoms with Crippen LogP contribution in [-0.2, 0) is 4.74 Å². The molecular weight excluding hydrogens is 380 g/mol. The monoisotopic (exact) mass is 390 g/mol. The van der Waals surface area contributed by atoms with E-state index in [9.17, 15) is 4.79 Å². The molecular formula is C17H12BrClN2O2. The molecule has 0 aliphatic heterocycles. The molecule has 2 aromatic carbocycles. The number of methoxy groups -OCH3 is 1. The Labute approximate surface area is 146 Å². The van der Waals surface area contributed by atoms with E-state index in [1.807, 2.05) is 42.5 Å². The van der Waals surface area contributed by atoms with Gasteiger partial charge in [0.25, 0.3) is 0 Å². The molecule has 3 aromatic rings. The highest BCUT2D eigenvalue weighted by molar-refractivity contribution is 9.10. The van der Waals surface area contributed by atoms with E-state index in [2.05, 4.69) is 21.0 Å². The van der Waals surface area contributed by atoms with E-state index < -0.39 is 5.97 Å². The molecule has 6 heteroatoms. The van der Waals surface area contributed by atoms with Crippen LogP contribution in [0.4, 0.5) is 0 Å². The summed E-state index contributed by atoms with van der Waals surface area (Å²) in [5.74, 6) is -0.492. The predicted octanol–water partition coefficient (Wildman–Crippen LogP) is 4.74. The van der Waals surface area contributed by atoms with Gasteiger partial charge in [0.2, 0.25) is 0 Å². The van der Waals surface area contributed by atoms with E-state index in [4.69, 9.17) is 16.3 Å². The van der Waals surface area contributed by atoms with Crippen LogP contribution in [0.25, 0.3) is 16.9 Å². The average Bonchev–Trinajstić information content (AvgIpc) is 3.00. The maximum Gasteiger partial charge on any atom is 0.358 e. The van der Waals surface area contributed by atoms with E-state index in [0.29, 0.717) is 5.02 Å². The average molecular weight is 392 g/mol. The summed E-state index contributed by atoms with van der Waals surface area (Å²) in [5, 5.41) is 4.95. The highest BCUT2D eigenvalue weighted by Gasteiger charge is 2.18. The number of carbonyl (C=O) groups excluding carboxylic acids is 1. The first kappa shape index (κ1) is 15.8. The van der Waals surface area contributed by atoms with Gasteiger partial charge in [-0.05, 0) is 36.4 Å². The van der Waals surface area contributed by atoms with Gasteiger partial charge in [-0.15, -0.1) is 0 Å². The fourth-order valence-electron chi connectivity index (χ4n) is 2.23. The first-order chi connectivity index (χ1) is 11.1. The van der Waals surface area contributed by atoms with Crippen molar-refractivity contribution in [3.05, 3.63) is 69.8 Å². The lowest BCUT2D eigenvalue weighted by molar-refractivity contribution is 0.0593. The van der Waals surface area contributed by atoms with Crippen molar-refractivity contribution in [1.29, 1.82) is 0 Å². The molecule has 0 aliphatic carbocycles. The van der Waals surface area contributed by atoms with Crippen LogP contribution in [-0.4, -0.2) is 22.9 Å². The molecule has 116 valence electrons. The van der Waals surface area contributed by atoms with Gasteiger partial charge in [-0.3, -0.25) is 0 Å². The van der Waals surface area contributed by atoms with Crippen LogP contribution in [0.3, 0.4) is 0 Å².